The monoisotopic (exact) mass is 406 g/mol. The van der Waals surface area contributed by atoms with E-state index in [9.17, 15) is 0 Å². The Morgan fingerprint density at radius 1 is 0.889 bits per heavy atom. The van der Waals surface area contributed by atoms with E-state index in [0.717, 1.165) is 17.9 Å². The van der Waals surface area contributed by atoms with Crippen LogP contribution in [0.5, 0.6) is 11.5 Å². The van der Waals surface area contributed by atoms with E-state index in [0.29, 0.717) is 5.66 Å². The molecule has 146 valence electrons. The summed E-state index contributed by atoms with van der Waals surface area (Å²) in [5.74, 6) is 1.49. The number of hydrogen-bond acceptors (Lipinski definition) is 4. The third kappa shape index (κ3) is 2.08. The summed E-state index contributed by atoms with van der Waals surface area (Å²) in [6.07, 6.45) is 0.849. The van der Waals surface area contributed by atoms with Crippen LogP contribution >= 0.6 is 14.8 Å². The van der Waals surface area contributed by atoms with E-state index in [-0.39, 0.29) is 10.9 Å². The Morgan fingerprint density at radius 2 is 1.41 bits per heavy atom. The number of fused-ring (bicyclic) bond motifs is 2. The molecule has 0 amide bonds. The fraction of sp³-hybridized carbons (Fsp3) is 0.524. The quantitative estimate of drug-likeness (QED) is 0.468. The van der Waals surface area contributed by atoms with Gasteiger partial charge < -0.3 is 0 Å². The molecule has 0 aromatic heterocycles. The Bertz CT molecular complexity index is 898. The topological polar surface area (TPSA) is 36.9 Å². The van der Waals surface area contributed by atoms with E-state index in [2.05, 4.69) is 48.5 Å². The molecule has 27 heavy (non-hydrogen) atoms. The van der Waals surface area contributed by atoms with Crippen LogP contribution in [0.15, 0.2) is 46.6 Å². The number of benzene rings is 1. The van der Waals surface area contributed by atoms with E-state index >= 15 is 0 Å². The first-order valence-corrected chi connectivity index (χ1v) is 13.6. The first-order valence-electron chi connectivity index (χ1n) is 9.59. The first-order chi connectivity index (χ1) is 12.5. The average Bonchev–Trinajstić information content (AvgIpc) is 2.96. The van der Waals surface area contributed by atoms with E-state index in [1.54, 1.807) is 0 Å². The molecule has 2 fully saturated rings. The van der Waals surface area contributed by atoms with Crippen molar-refractivity contribution >= 4 is 14.8 Å². The summed E-state index contributed by atoms with van der Waals surface area (Å²) in [4.78, 5) is 0. The zero-order chi connectivity index (χ0) is 19.4. The average molecular weight is 406 g/mol. The van der Waals surface area contributed by atoms with Crippen LogP contribution in [0.1, 0.15) is 54.9 Å². The van der Waals surface area contributed by atoms with Crippen LogP contribution in [-0.2, 0) is 9.05 Å². The van der Waals surface area contributed by atoms with Crippen molar-refractivity contribution < 1.29 is 18.1 Å². The van der Waals surface area contributed by atoms with Crippen LogP contribution in [0.4, 0.5) is 0 Å². The number of para-hydroxylation sites is 2. The van der Waals surface area contributed by atoms with Gasteiger partial charge in [0.15, 0.2) is 0 Å². The summed E-state index contributed by atoms with van der Waals surface area (Å²) in [6, 6.07) is 7.86. The second-order valence-corrected chi connectivity index (χ2v) is 16.7. The normalized spacial score (nSPS) is 36.6. The van der Waals surface area contributed by atoms with Gasteiger partial charge in [0, 0.05) is 0 Å². The first kappa shape index (κ1) is 18.1. The Labute approximate surface area is 162 Å². The molecule has 1 aromatic carbocycles. The molecule has 2 atom stereocenters. The van der Waals surface area contributed by atoms with Crippen LogP contribution in [0.25, 0.3) is 0 Å². The minimum absolute atomic E-state index is 0.269. The molecule has 3 heterocycles. The van der Waals surface area contributed by atoms with Gasteiger partial charge in [0.25, 0.3) is 0 Å². The molecule has 0 radical (unpaired) electrons. The Balaban J connectivity index is 1.70. The van der Waals surface area contributed by atoms with Crippen LogP contribution in [0, 0.1) is 0 Å². The molecule has 1 aromatic rings. The minimum atomic E-state index is -3.74. The van der Waals surface area contributed by atoms with Crippen molar-refractivity contribution in [3.05, 3.63) is 46.6 Å². The Kier molecular flexibility index (Phi) is 3.34. The number of hydrogen-bond donors (Lipinski definition) is 0. The van der Waals surface area contributed by atoms with Crippen molar-refractivity contribution in [3.63, 3.8) is 0 Å². The summed E-state index contributed by atoms with van der Waals surface area (Å²) in [5.41, 5.74) is 5.57. The van der Waals surface area contributed by atoms with Gasteiger partial charge in [0.2, 0.25) is 0 Å². The Morgan fingerprint density at radius 3 is 1.93 bits per heavy atom. The van der Waals surface area contributed by atoms with Crippen molar-refractivity contribution in [2.24, 2.45) is 0 Å². The molecule has 2 unspecified atom stereocenters. The van der Waals surface area contributed by atoms with Gasteiger partial charge in [-0.3, -0.25) is 0 Å². The molecule has 0 N–H and O–H groups in total. The molecule has 1 spiro atoms. The van der Waals surface area contributed by atoms with E-state index in [1.807, 2.05) is 24.3 Å². The van der Waals surface area contributed by atoms with Gasteiger partial charge in [-0.05, 0) is 0 Å². The zero-order valence-electron chi connectivity index (χ0n) is 17.1. The third-order valence-electron chi connectivity index (χ3n) is 6.50. The van der Waals surface area contributed by atoms with Crippen molar-refractivity contribution in [2.45, 2.75) is 71.5 Å². The number of rotatable bonds is 1. The SMILES string of the molecule is CC1=C(C)C(P2C3(C)CC(C)(C)OP24(Oc2ccccc2O4)O3)C(C)=C1C. The van der Waals surface area contributed by atoms with Crippen LogP contribution in [0.3, 0.4) is 0 Å². The molecule has 2 bridgehead atoms. The van der Waals surface area contributed by atoms with Gasteiger partial charge in [0.05, 0.1) is 0 Å². The molecule has 6 heteroatoms. The van der Waals surface area contributed by atoms with Gasteiger partial charge in [0.1, 0.15) is 0 Å². The maximum atomic E-state index is 6.76. The molecule has 4 aliphatic rings. The summed E-state index contributed by atoms with van der Waals surface area (Å²) < 4.78 is 26.7. The fourth-order valence-electron chi connectivity index (χ4n) is 5.40. The summed E-state index contributed by atoms with van der Waals surface area (Å²) in [6.45, 7) is 15.4. The van der Waals surface area contributed by atoms with Crippen LogP contribution in [-0.4, -0.2) is 16.6 Å². The molecule has 5 rings (SSSR count). The molecule has 1 aliphatic carbocycles. The van der Waals surface area contributed by atoms with Gasteiger partial charge in [-0.15, -0.1) is 0 Å². The second kappa shape index (κ2) is 4.97. The van der Waals surface area contributed by atoms with Gasteiger partial charge in [-0.2, -0.15) is 0 Å². The van der Waals surface area contributed by atoms with E-state index < -0.39 is 14.8 Å². The predicted octanol–water partition coefficient (Wildman–Crippen LogP) is 7.07. The number of allylic oxidation sites excluding steroid dienone is 4. The molecular weight excluding hydrogens is 378 g/mol. The van der Waals surface area contributed by atoms with Crippen molar-refractivity contribution in [1.29, 1.82) is 0 Å². The van der Waals surface area contributed by atoms with Crippen molar-refractivity contribution in [3.8, 4) is 11.5 Å². The maximum absolute atomic E-state index is 6.76. The molecule has 3 aliphatic heterocycles. The van der Waals surface area contributed by atoms with Crippen molar-refractivity contribution in [1.82, 2.24) is 0 Å². The summed E-state index contributed by atoms with van der Waals surface area (Å²) >= 11 is 0. The summed E-state index contributed by atoms with van der Waals surface area (Å²) in [5, 5.41) is -0.269. The fourth-order valence-corrected chi connectivity index (χ4v) is 19.4. The molecular formula is C21H28O4P2. The molecule has 4 nitrogen and oxygen atoms in total. The van der Waals surface area contributed by atoms with Crippen molar-refractivity contribution in [2.75, 3.05) is 0 Å². The van der Waals surface area contributed by atoms with Gasteiger partial charge >= 0.3 is 162 Å². The molecule has 0 saturated carbocycles. The second-order valence-electron chi connectivity index (χ2n) is 9.06. The van der Waals surface area contributed by atoms with Gasteiger partial charge in [-0.25, -0.2) is 0 Å². The van der Waals surface area contributed by atoms with Gasteiger partial charge in [-0.1, -0.05) is 0 Å². The Hall–Kier alpha value is -0.920. The standard InChI is InChI=1S/C21H28O4P2/c1-13-14(2)16(4)19(15(13)3)26-21(7)12-20(5,6)24-27(26,25-21)22-17-10-8-9-11-18(17)23-27/h8-11,19H,12H2,1-7H3. The predicted molar refractivity (Wildman–Crippen MR) is 111 cm³/mol. The summed E-state index contributed by atoms with van der Waals surface area (Å²) in [7, 11) is -4.57. The molecule has 2 saturated heterocycles. The third-order valence-corrected chi connectivity index (χ3v) is 17.4. The zero-order valence-corrected chi connectivity index (χ0v) is 18.9. The van der Waals surface area contributed by atoms with Crippen LogP contribution in [0.2, 0.25) is 0 Å². The van der Waals surface area contributed by atoms with Crippen LogP contribution < -0.4 is 9.05 Å². The van der Waals surface area contributed by atoms with E-state index in [1.165, 1.54) is 22.3 Å². The van der Waals surface area contributed by atoms with E-state index in [4.69, 9.17) is 18.1 Å².